The SMILES string of the molecule is CCCOc1ccc(N2C(=O)C[C@@H]([NH+]3CCC(C(=O)OCC)CC3)C2=O)cc1. The van der Waals surface area contributed by atoms with Gasteiger partial charge < -0.3 is 14.4 Å². The molecule has 0 spiro atoms. The predicted molar refractivity (Wildman–Crippen MR) is 103 cm³/mol. The molecule has 2 heterocycles. The fourth-order valence-corrected chi connectivity index (χ4v) is 3.97. The maximum Gasteiger partial charge on any atom is 0.309 e. The lowest BCUT2D eigenvalue weighted by molar-refractivity contribution is -0.920. The lowest BCUT2D eigenvalue weighted by atomic mass is 9.95. The van der Waals surface area contributed by atoms with Crippen LogP contribution in [0.3, 0.4) is 0 Å². The van der Waals surface area contributed by atoms with Gasteiger partial charge in [-0.1, -0.05) is 6.92 Å². The number of benzene rings is 1. The highest BCUT2D eigenvalue weighted by molar-refractivity contribution is 6.21. The molecule has 3 rings (SSSR count). The summed E-state index contributed by atoms with van der Waals surface area (Å²) in [7, 11) is 0. The number of piperidine rings is 1. The number of quaternary nitrogens is 1. The number of carbonyl (C=O) groups excluding carboxylic acids is 3. The number of anilines is 1. The van der Waals surface area contributed by atoms with Gasteiger partial charge in [-0.15, -0.1) is 0 Å². The molecule has 1 atom stereocenters. The number of ether oxygens (including phenoxy) is 2. The monoisotopic (exact) mass is 389 g/mol. The smallest absolute Gasteiger partial charge is 0.309 e. The Kier molecular flexibility index (Phi) is 6.67. The highest BCUT2D eigenvalue weighted by Gasteiger charge is 2.47. The van der Waals surface area contributed by atoms with E-state index >= 15 is 0 Å². The van der Waals surface area contributed by atoms with Crippen LogP contribution in [-0.2, 0) is 19.1 Å². The van der Waals surface area contributed by atoms with Gasteiger partial charge >= 0.3 is 5.97 Å². The summed E-state index contributed by atoms with van der Waals surface area (Å²) in [6.07, 6.45) is 2.51. The second-order valence-corrected chi connectivity index (χ2v) is 7.35. The molecule has 0 aliphatic carbocycles. The predicted octanol–water partition coefficient (Wildman–Crippen LogP) is 0.965. The normalized spacial score (nSPS) is 25.1. The zero-order valence-corrected chi connectivity index (χ0v) is 16.6. The molecule has 2 aliphatic rings. The molecule has 2 aliphatic heterocycles. The summed E-state index contributed by atoms with van der Waals surface area (Å²) < 4.78 is 10.7. The first-order chi connectivity index (χ1) is 13.5. The lowest BCUT2D eigenvalue weighted by Crippen LogP contribution is -3.17. The van der Waals surface area contributed by atoms with Crippen LogP contribution in [0.15, 0.2) is 24.3 Å². The van der Waals surface area contributed by atoms with Gasteiger partial charge in [0.15, 0.2) is 6.04 Å². The summed E-state index contributed by atoms with van der Waals surface area (Å²) in [5.41, 5.74) is 0.585. The average molecular weight is 389 g/mol. The molecule has 0 radical (unpaired) electrons. The van der Waals surface area contributed by atoms with Gasteiger partial charge in [0, 0.05) is 12.8 Å². The van der Waals surface area contributed by atoms with Gasteiger partial charge in [0.25, 0.3) is 5.91 Å². The zero-order valence-electron chi connectivity index (χ0n) is 16.6. The van der Waals surface area contributed by atoms with Gasteiger partial charge in [0.2, 0.25) is 5.91 Å². The third-order valence-corrected chi connectivity index (χ3v) is 5.45. The molecule has 2 saturated heterocycles. The van der Waals surface area contributed by atoms with E-state index in [9.17, 15) is 14.4 Å². The van der Waals surface area contributed by atoms with Crippen molar-refractivity contribution in [1.29, 1.82) is 0 Å². The average Bonchev–Trinajstić information content (AvgIpc) is 3.01. The zero-order chi connectivity index (χ0) is 20.1. The summed E-state index contributed by atoms with van der Waals surface area (Å²) in [4.78, 5) is 39.8. The van der Waals surface area contributed by atoms with Crippen LogP contribution in [-0.4, -0.2) is 50.1 Å². The molecular weight excluding hydrogens is 360 g/mol. The molecule has 152 valence electrons. The van der Waals surface area contributed by atoms with E-state index in [0.717, 1.165) is 17.1 Å². The number of rotatable bonds is 7. The first-order valence-electron chi connectivity index (χ1n) is 10.2. The van der Waals surface area contributed by atoms with Crippen molar-refractivity contribution in [1.82, 2.24) is 0 Å². The minimum Gasteiger partial charge on any atom is -0.494 e. The molecule has 0 aromatic heterocycles. The van der Waals surface area contributed by atoms with Crippen LogP contribution in [0.5, 0.6) is 5.75 Å². The number of nitrogens with zero attached hydrogens (tertiary/aromatic N) is 1. The number of nitrogens with one attached hydrogen (secondary N) is 1. The fraction of sp³-hybridized carbons (Fsp3) is 0.571. The molecule has 1 aromatic rings. The molecular formula is C21H29N2O5+. The van der Waals surface area contributed by atoms with E-state index in [1.807, 2.05) is 6.92 Å². The third-order valence-electron chi connectivity index (χ3n) is 5.45. The van der Waals surface area contributed by atoms with Gasteiger partial charge in [0.05, 0.1) is 44.3 Å². The number of esters is 1. The van der Waals surface area contributed by atoms with Crippen molar-refractivity contribution in [2.24, 2.45) is 5.92 Å². The molecule has 7 heteroatoms. The van der Waals surface area contributed by atoms with Crippen molar-refractivity contribution in [3.8, 4) is 5.75 Å². The van der Waals surface area contributed by atoms with Crippen molar-refractivity contribution in [2.75, 3.05) is 31.2 Å². The first-order valence-corrected chi connectivity index (χ1v) is 10.2. The Bertz CT molecular complexity index is 710. The van der Waals surface area contributed by atoms with Gasteiger partial charge in [-0.2, -0.15) is 0 Å². The summed E-state index contributed by atoms with van der Waals surface area (Å²) >= 11 is 0. The Morgan fingerprint density at radius 3 is 2.43 bits per heavy atom. The third kappa shape index (κ3) is 4.35. The molecule has 1 aromatic carbocycles. The maximum absolute atomic E-state index is 13.0. The Labute approximate surface area is 165 Å². The van der Waals surface area contributed by atoms with Crippen molar-refractivity contribution >= 4 is 23.5 Å². The molecule has 0 unspecified atom stereocenters. The molecule has 2 fully saturated rings. The minimum atomic E-state index is -0.369. The molecule has 0 bridgehead atoms. The molecule has 1 N–H and O–H groups in total. The van der Waals surface area contributed by atoms with Crippen molar-refractivity contribution in [3.05, 3.63) is 24.3 Å². The summed E-state index contributed by atoms with van der Waals surface area (Å²) in [5.74, 6) is 0.159. The van der Waals surface area contributed by atoms with Crippen LogP contribution in [0.25, 0.3) is 0 Å². The largest absolute Gasteiger partial charge is 0.494 e. The maximum atomic E-state index is 13.0. The summed E-state index contributed by atoms with van der Waals surface area (Å²) in [6.45, 7) is 6.26. The number of carbonyl (C=O) groups is 3. The van der Waals surface area contributed by atoms with Crippen LogP contribution in [0.4, 0.5) is 5.69 Å². The summed E-state index contributed by atoms with van der Waals surface area (Å²) in [6, 6.07) is 6.72. The van der Waals surface area contributed by atoms with E-state index in [4.69, 9.17) is 9.47 Å². The summed E-state index contributed by atoms with van der Waals surface area (Å²) in [5, 5.41) is 0. The first kappa shape index (κ1) is 20.3. The molecule has 2 amide bonds. The van der Waals surface area contributed by atoms with Crippen molar-refractivity contribution in [2.45, 2.75) is 45.6 Å². The Morgan fingerprint density at radius 2 is 1.82 bits per heavy atom. The van der Waals surface area contributed by atoms with E-state index < -0.39 is 0 Å². The second-order valence-electron chi connectivity index (χ2n) is 7.35. The highest BCUT2D eigenvalue weighted by Crippen LogP contribution is 2.25. The molecule has 0 saturated carbocycles. The number of likely N-dealkylation sites (tertiary alicyclic amines) is 1. The van der Waals surface area contributed by atoms with Crippen LogP contribution in [0.1, 0.15) is 39.5 Å². The van der Waals surface area contributed by atoms with E-state index in [2.05, 4.69) is 0 Å². The lowest BCUT2D eigenvalue weighted by Gasteiger charge is -2.31. The Morgan fingerprint density at radius 1 is 1.14 bits per heavy atom. The van der Waals surface area contributed by atoms with Gasteiger partial charge in [-0.3, -0.25) is 14.4 Å². The van der Waals surface area contributed by atoms with Crippen LogP contribution in [0.2, 0.25) is 0 Å². The molecule has 28 heavy (non-hydrogen) atoms. The number of hydrogen-bond donors (Lipinski definition) is 1. The van der Waals surface area contributed by atoms with Crippen molar-refractivity contribution < 1.29 is 28.8 Å². The van der Waals surface area contributed by atoms with E-state index in [-0.39, 0.29) is 36.2 Å². The van der Waals surface area contributed by atoms with Crippen LogP contribution in [0, 0.1) is 5.92 Å². The van der Waals surface area contributed by atoms with Gasteiger partial charge in [-0.05, 0) is 37.6 Å². The highest BCUT2D eigenvalue weighted by atomic mass is 16.5. The van der Waals surface area contributed by atoms with Crippen LogP contribution >= 0.6 is 0 Å². The number of hydrogen-bond acceptors (Lipinski definition) is 5. The fourth-order valence-electron chi connectivity index (χ4n) is 3.97. The Balaban J connectivity index is 1.62. The van der Waals surface area contributed by atoms with E-state index in [0.29, 0.717) is 44.8 Å². The number of amides is 2. The van der Waals surface area contributed by atoms with E-state index in [1.165, 1.54) is 4.90 Å². The minimum absolute atomic E-state index is 0.0947. The Hall–Kier alpha value is -2.41. The quantitative estimate of drug-likeness (QED) is 0.555. The van der Waals surface area contributed by atoms with E-state index in [1.54, 1.807) is 31.2 Å². The van der Waals surface area contributed by atoms with Crippen molar-refractivity contribution in [3.63, 3.8) is 0 Å². The van der Waals surface area contributed by atoms with Gasteiger partial charge in [0.1, 0.15) is 5.75 Å². The molecule has 7 nitrogen and oxygen atoms in total. The van der Waals surface area contributed by atoms with Gasteiger partial charge in [-0.25, -0.2) is 4.90 Å². The number of imide groups is 1. The standard InChI is InChI=1S/C21H28N2O5/c1-3-13-28-17-7-5-16(6-8-17)23-19(24)14-18(20(23)25)22-11-9-15(10-12-22)21(26)27-4-2/h5-8,15,18H,3-4,9-14H2,1-2H3/p+1/t18-/m1/s1. The second kappa shape index (κ2) is 9.19. The topological polar surface area (TPSA) is 77.3 Å². The van der Waals surface area contributed by atoms with Crippen LogP contribution < -0.4 is 14.5 Å².